The number of pyridine rings is 1. The third kappa shape index (κ3) is 5.12. The van der Waals surface area contributed by atoms with Crippen LogP contribution in [0.4, 0.5) is 5.69 Å². The van der Waals surface area contributed by atoms with E-state index in [2.05, 4.69) is 46.2 Å². The predicted molar refractivity (Wildman–Crippen MR) is 130 cm³/mol. The predicted octanol–water partition coefficient (Wildman–Crippen LogP) is 4.62. The molecule has 0 radical (unpaired) electrons. The van der Waals surface area contributed by atoms with E-state index >= 15 is 0 Å². The number of anilines is 1. The van der Waals surface area contributed by atoms with Gasteiger partial charge >= 0.3 is 0 Å². The number of hydrogen-bond donors (Lipinski definition) is 2. The first-order valence-corrected chi connectivity index (χ1v) is 9.62. The summed E-state index contributed by atoms with van der Waals surface area (Å²) in [4.78, 5) is 12.8. The molecule has 6 nitrogen and oxygen atoms in total. The van der Waals surface area contributed by atoms with Crippen LogP contribution in [0.1, 0.15) is 11.1 Å². The van der Waals surface area contributed by atoms with Crippen LogP contribution in [-0.2, 0) is 0 Å². The van der Waals surface area contributed by atoms with Gasteiger partial charge in [-0.25, -0.2) is 0 Å². The second-order valence-electron chi connectivity index (χ2n) is 6.66. The Labute approximate surface area is 182 Å². The van der Waals surface area contributed by atoms with Gasteiger partial charge in [0, 0.05) is 40.5 Å². The van der Waals surface area contributed by atoms with Crippen LogP contribution in [0.25, 0.3) is 11.1 Å². The summed E-state index contributed by atoms with van der Waals surface area (Å²) in [7, 11) is 1.62. The minimum Gasteiger partial charge on any atom is -0.495 e. The highest BCUT2D eigenvalue weighted by Gasteiger charge is 2.20. The van der Waals surface area contributed by atoms with Crippen LogP contribution in [0, 0.1) is 0 Å². The van der Waals surface area contributed by atoms with Gasteiger partial charge in [-0.2, -0.15) is 0 Å². The van der Waals surface area contributed by atoms with Crippen molar-refractivity contribution in [1.82, 2.24) is 4.98 Å². The van der Waals surface area contributed by atoms with Crippen LogP contribution < -0.4 is 15.8 Å². The zero-order chi connectivity index (χ0) is 22.2. The Balaban J connectivity index is 2.16. The summed E-state index contributed by atoms with van der Waals surface area (Å²) in [6.45, 7) is 11.4. The van der Waals surface area contributed by atoms with Crippen LogP contribution >= 0.6 is 0 Å². The standard InChI is InChI=1S/C25H25N5O/c1-5-17(2)30-22-8-6-7-18(10-22)24-12-19(20-11-23(31-4)15-28-14-20)9-21(13-27-3)25(24)29-16-26/h5-15,30H,1-3,16,26H2,4H3/b21-13-,29-25?. The lowest BCUT2D eigenvalue weighted by Gasteiger charge is -2.20. The van der Waals surface area contributed by atoms with Gasteiger partial charge in [0.05, 0.1) is 25.7 Å². The molecule has 0 unspecified atom stereocenters. The van der Waals surface area contributed by atoms with Gasteiger partial charge in [0.2, 0.25) is 0 Å². The van der Waals surface area contributed by atoms with E-state index in [0.29, 0.717) is 11.4 Å². The Morgan fingerprint density at radius 2 is 2.06 bits per heavy atom. The molecule has 0 bridgehead atoms. The molecule has 0 aliphatic heterocycles. The monoisotopic (exact) mass is 411 g/mol. The number of aromatic nitrogens is 1. The van der Waals surface area contributed by atoms with E-state index in [1.807, 2.05) is 36.4 Å². The topological polar surface area (TPSA) is 84.9 Å². The molecular formula is C25H25N5O. The molecule has 31 heavy (non-hydrogen) atoms. The Bertz CT molecular complexity index is 1140. The highest BCUT2D eigenvalue weighted by Crippen LogP contribution is 2.34. The van der Waals surface area contributed by atoms with Crippen LogP contribution in [0.15, 0.2) is 102 Å². The van der Waals surface area contributed by atoms with Crippen molar-refractivity contribution in [3.63, 3.8) is 0 Å². The van der Waals surface area contributed by atoms with Crippen molar-refractivity contribution >= 4 is 29.3 Å². The zero-order valence-electron chi connectivity index (χ0n) is 17.5. The van der Waals surface area contributed by atoms with Gasteiger partial charge in [0.25, 0.3) is 0 Å². The van der Waals surface area contributed by atoms with Gasteiger partial charge in [-0.1, -0.05) is 25.3 Å². The molecule has 1 aliphatic carbocycles. The fourth-order valence-corrected chi connectivity index (χ4v) is 3.20. The second kappa shape index (κ2) is 10.1. The van der Waals surface area contributed by atoms with E-state index in [1.165, 1.54) is 0 Å². The number of benzene rings is 1. The fourth-order valence-electron chi connectivity index (χ4n) is 3.20. The third-order valence-corrected chi connectivity index (χ3v) is 4.63. The van der Waals surface area contributed by atoms with Crippen molar-refractivity contribution in [2.45, 2.75) is 0 Å². The minimum atomic E-state index is 0.149. The number of nitrogens with one attached hydrogen (secondary N) is 1. The summed E-state index contributed by atoms with van der Waals surface area (Å²) in [5.41, 5.74) is 12.7. The molecule has 0 fully saturated rings. The van der Waals surface area contributed by atoms with Crippen molar-refractivity contribution < 1.29 is 4.74 Å². The third-order valence-electron chi connectivity index (χ3n) is 4.63. The summed E-state index contributed by atoms with van der Waals surface area (Å²) in [5, 5.41) is 3.22. The summed E-state index contributed by atoms with van der Waals surface area (Å²) < 4.78 is 5.34. The van der Waals surface area contributed by atoms with Crippen molar-refractivity contribution in [1.29, 1.82) is 0 Å². The molecule has 0 saturated carbocycles. The second-order valence-corrected chi connectivity index (χ2v) is 6.66. The van der Waals surface area contributed by atoms with Crippen molar-refractivity contribution in [3.05, 3.63) is 103 Å². The van der Waals surface area contributed by atoms with Gasteiger partial charge < -0.3 is 15.8 Å². The molecule has 1 aromatic carbocycles. The first-order valence-electron chi connectivity index (χ1n) is 9.62. The number of rotatable bonds is 8. The number of hydrogen-bond acceptors (Lipinski definition) is 6. The first kappa shape index (κ1) is 21.7. The smallest absolute Gasteiger partial charge is 0.137 e. The maximum Gasteiger partial charge on any atom is 0.137 e. The molecule has 2 aromatic rings. The molecule has 0 spiro atoms. The maximum atomic E-state index is 5.79. The summed E-state index contributed by atoms with van der Waals surface area (Å²) >= 11 is 0. The van der Waals surface area contributed by atoms with Gasteiger partial charge in [-0.3, -0.25) is 15.0 Å². The number of nitrogens with two attached hydrogens (primary N) is 1. The van der Waals surface area contributed by atoms with Gasteiger partial charge in [0.15, 0.2) is 0 Å². The SMILES string of the molecule is C=CC(=C)Nc1cccc(C2=CC(c3cncc(OC)c3)=C/C(=C/N=C)C2=NCN)c1. The van der Waals surface area contributed by atoms with Crippen LogP contribution in [-0.4, -0.2) is 31.2 Å². The summed E-state index contributed by atoms with van der Waals surface area (Å²) in [6, 6.07) is 9.91. The molecule has 1 aromatic heterocycles. The molecule has 1 heterocycles. The van der Waals surface area contributed by atoms with Gasteiger partial charge in [-0.05, 0) is 54.3 Å². The van der Waals surface area contributed by atoms with E-state index in [9.17, 15) is 0 Å². The summed E-state index contributed by atoms with van der Waals surface area (Å²) in [6.07, 6.45) is 10.9. The fraction of sp³-hybridized carbons (Fsp3) is 0.0800. The molecule has 3 rings (SSSR count). The van der Waals surface area contributed by atoms with Crippen LogP contribution in [0.5, 0.6) is 5.75 Å². The van der Waals surface area contributed by atoms with Crippen LogP contribution in [0.3, 0.4) is 0 Å². The highest BCUT2D eigenvalue weighted by atomic mass is 16.5. The van der Waals surface area contributed by atoms with E-state index in [0.717, 1.165) is 39.2 Å². The molecule has 1 aliphatic rings. The zero-order valence-corrected chi connectivity index (χ0v) is 17.5. The number of ether oxygens (including phenoxy) is 1. The van der Waals surface area contributed by atoms with Gasteiger partial charge in [-0.15, -0.1) is 0 Å². The molecule has 0 amide bonds. The molecule has 3 N–H and O–H groups in total. The lowest BCUT2D eigenvalue weighted by Crippen LogP contribution is -2.13. The quantitative estimate of drug-likeness (QED) is 0.490. The maximum absolute atomic E-state index is 5.79. The van der Waals surface area contributed by atoms with Crippen molar-refractivity contribution in [2.24, 2.45) is 15.7 Å². The first-order chi connectivity index (χ1) is 15.1. The van der Waals surface area contributed by atoms with Gasteiger partial charge in [0.1, 0.15) is 5.75 Å². The summed E-state index contributed by atoms with van der Waals surface area (Å²) in [5.74, 6) is 0.677. The van der Waals surface area contributed by atoms with Crippen molar-refractivity contribution in [3.8, 4) is 5.75 Å². The lowest BCUT2D eigenvalue weighted by molar-refractivity contribution is 0.413. The largest absolute Gasteiger partial charge is 0.495 e. The number of aliphatic imine (C=N–C) groups is 2. The minimum absolute atomic E-state index is 0.149. The normalized spacial score (nSPS) is 15.8. The van der Waals surface area contributed by atoms with E-state index < -0.39 is 0 Å². The molecule has 0 saturated heterocycles. The number of nitrogens with zero attached hydrogens (tertiary/aromatic N) is 3. The average molecular weight is 412 g/mol. The molecule has 156 valence electrons. The molecular weight excluding hydrogens is 386 g/mol. The molecule has 0 atom stereocenters. The van der Waals surface area contributed by atoms with E-state index in [-0.39, 0.29) is 6.67 Å². The highest BCUT2D eigenvalue weighted by molar-refractivity contribution is 6.36. The lowest BCUT2D eigenvalue weighted by atomic mass is 9.86. The van der Waals surface area contributed by atoms with Crippen molar-refractivity contribution in [2.75, 3.05) is 19.1 Å². The number of allylic oxidation sites excluding steroid dienone is 6. The van der Waals surface area contributed by atoms with E-state index in [4.69, 9.17) is 10.5 Å². The Kier molecular flexibility index (Phi) is 7.09. The van der Waals surface area contributed by atoms with E-state index in [1.54, 1.807) is 31.8 Å². The molecule has 6 heteroatoms. The van der Waals surface area contributed by atoms with Crippen LogP contribution in [0.2, 0.25) is 0 Å². The Morgan fingerprint density at radius 3 is 2.77 bits per heavy atom. The Hall–Kier alpha value is -4.03. The number of methoxy groups -OCH3 is 1. The average Bonchev–Trinajstić information content (AvgIpc) is 2.80. The Morgan fingerprint density at radius 1 is 1.23 bits per heavy atom.